The molecule has 0 aromatic heterocycles. The van der Waals surface area contributed by atoms with Gasteiger partial charge in [-0.1, -0.05) is 12.1 Å². The van der Waals surface area contributed by atoms with Gasteiger partial charge in [-0.25, -0.2) is 0 Å². The number of fused-ring (bicyclic) bond motifs is 1. The van der Waals surface area contributed by atoms with Crippen molar-refractivity contribution < 1.29 is 9.59 Å². The van der Waals surface area contributed by atoms with E-state index in [1.165, 1.54) is 4.90 Å². The topological polar surface area (TPSA) is 52.6 Å². The van der Waals surface area contributed by atoms with Gasteiger partial charge in [0.05, 0.1) is 11.1 Å². The van der Waals surface area contributed by atoms with Gasteiger partial charge in [0.15, 0.2) is 0 Å². The first-order valence-electron chi connectivity index (χ1n) is 7.08. The van der Waals surface area contributed by atoms with Gasteiger partial charge in [-0.2, -0.15) is 0 Å². The van der Waals surface area contributed by atoms with Crippen LogP contribution in [0.5, 0.6) is 0 Å². The van der Waals surface area contributed by atoms with Gasteiger partial charge in [0.1, 0.15) is 0 Å². The van der Waals surface area contributed by atoms with Gasteiger partial charge in [-0.05, 0) is 19.1 Å². The standard InChI is InChI=1S/C15H19N3O2/c1-11-10-16-6-7-17(11)8-9-18-14(19)12-4-2-3-5-13(12)15(18)20/h2-5,11,16H,6-10H2,1H3/t11-/m0/s1. The van der Waals surface area contributed by atoms with Crippen LogP contribution in [0.3, 0.4) is 0 Å². The average Bonchev–Trinajstić information content (AvgIpc) is 2.71. The molecule has 106 valence electrons. The number of benzene rings is 1. The number of imide groups is 1. The van der Waals surface area contributed by atoms with Crippen molar-refractivity contribution in [3.8, 4) is 0 Å². The fourth-order valence-corrected chi connectivity index (χ4v) is 2.89. The van der Waals surface area contributed by atoms with E-state index in [4.69, 9.17) is 0 Å². The molecule has 5 nitrogen and oxygen atoms in total. The van der Waals surface area contributed by atoms with E-state index in [0.717, 1.165) is 26.2 Å². The summed E-state index contributed by atoms with van der Waals surface area (Å²) >= 11 is 0. The molecule has 0 bridgehead atoms. The van der Waals surface area contributed by atoms with Gasteiger partial charge in [0.25, 0.3) is 11.8 Å². The molecule has 0 spiro atoms. The van der Waals surface area contributed by atoms with E-state index < -0.39 is 0 Å². The molecule has 1 fully saturated rings. The van der Waals surface area contributed by atoms with Crippen molar-refractivity contribution in [3.63, 3.8) is 0 Å². The molecule has 0 saturated carbocycles. The van der Waals surface area contributed by atoms with Crippen molar-refractivity contribution in [2.24, 2.45) is 0 Å². The number of rotatable bonds is 3. The first kappa shape index (κ1) is 13.3. The van der Waals surface area contributed by atoms with Crippen LogP contribution in [0.15, 0.2) is 24.3 Å². The van der Waals surface area contributed by atoms with E-state index in [2.05, 4.69) is 17.1 Å². The molecule has 0 radical (unpaired) electrons. The molecule has 3 rings (SSSR count). The van der Waals surface area contributed by atoms with Gasteiger partial charge in [0, 0.05) is 38.8 Å². The maximum absolute atomic E-state index is 12.2. The summed E-state index contributed by atoms with van der Waals surface area (Å²) in [5.74, 6) is -0.318. The highest BCUT2D eigenvalue weighted by Crippen LogP contribution is 2.22. The zero-order valence-corrected chi connectivity index (χ0v) is 11.6. The lowest BCUT2D eigenvalue weighted by Crippen LogP contribution is -2.52. The summed E-state index contributed by atoms with van der Waals surface area (Å²) in [5.41, 5.74) is 1.07. The fourth-order valence-electron chi connectivity index (χ4n) is 2.89. The fraction of sp³-hybridized carbons (Fsp3) is 0.467. The van der Waals surface area contributed by atoms with Crippen LogP contribution in [0.4, 0.5) is 0 Å². The minimum absolute atomic E-state index is 0.159. The van der Waals surface area contributed by atoms with Crippen LogP contribution in [-0.2, 0) is 0 Å². The van der Waals surface area contributed by atoms with Crippen LogP contribution < -0.4 is 5.32 Å². The number of nitrogens with zero attached hydrogens (tertiary/aromatic N) is 2. The maximum Gasteiger partial charge on any atom is 0.261 e. The predicted molar refractivity (Wildman–Crippen MR) is 75.7 cm³/mol. The Bertz CT molecular complexity index is 509. The molecule has 1 aromatic rings. The maximum atomic E-state index is 12.2. The Morgan fingerprint density at radius 2 is 1.80 bits per heavy atom. The lowest BCUT2D eigenvalue weighted by atomic mass is 10.1. The second-order valence-corrected chi connectivity index (χ2v) is 5.40. The van der Waals surface area contributed by atoms with E-state index >= 15 is 0 Å². The number of piperazine rings is 1. The van der Waals surface area contributed by atoms with Gasteiger partial charge in [-0.3, -0.25) is 19.4 Å². The second-order valence-electron chi connectivity index (χ2n) is 5.40. The highest BCUT2D eigenvalue weighted by Gasteiger charge is 2.35. The quantitative estimate of drug-likeness (QED) is 0.818. The molecule has 1 N–H and O–H groups in total. The second kappa shape index (κ2) is 5.34. The van der Waals surface area contributed by atoms with Gasteiger partial charge < -0.3 is 5.32 Å². The molecular formula is C15H19N3O2. The monoisotopic (exact) mass is 273 g/mol. The van der Waals surface area contributed by atoms with Crippen molar-refractivity contribution in [3.05, 3.63) is 35.4 Å². The summed E-state index contributed by atoms with van der Waals surface area (Å²) in [6.07, 6.45) is 0. The Morgan fingerprint density at radius 3 is 2.40 bits per heavy atom. The third-order valence-corrected chi connectivity index (χ3v) is 4.13. The molecule has 2 heterocycles. The van der Waals surface area contributed by atoms with Crippen LogP contribution >= 0.6 is 0 Å². The molecule has 2 amide bonds. The van der Waals surface area contributed by atoms with Crippen LogP contribution in [0, 0.1) is 0 Å². The predicted octanol–water partition coefficient (Wildman–Crippen LogP) is 0.576. The number of hydrogen-bond donors (Lipinski definition) is 1. The summed E-state index contributed by atoms with van der Waals surface area (Å²) in [5, 5.41) is 3.33. The van der Waals surface area contributed by atoms with Crippen LogP contribution in [0.1, 0.15) is 27.6 Å². The number of carbonyl (C=O) groups is 2. The molecule has 2 aliphatic heterocycles. The Labute approximate surface area is 118 Å². The van der Waals surface area contributed by atoms with Gasteiger partial charge in [0.2, 0.25) is 0 Å². The van der Waals surface area contributed by atoms with E-state index in [-0.39, 0.29) is 11.8 Å². The lowest BCUT2D eigenvalue weighted by Gasteiger charge is -2.34. The van der Waals surface area contributed by atoms with E-state index in [1.54, 1.807) is 24.3 Å². The summed E-state index contributed by atoms with van der Waals surface area (Å²) < 4.78 is 0. The number of amides is 2. The first-order valence-corrected chi connectivity index (χ1v) is 7.08. The molecule has 1 atom stereocenters. The van der Waals surface area contributed by atoms with Crippen molar-refractivity contribution in [1.82, 2.24) is 15.1 Å². The minimum atomic E-state index is -0.159. The highest BCUT2D eigenvalue weighted by atomic mass is 16.2. The Hall–Kier alpha value is -1.72. The smallest absolute Gasteiger partial charge is 0.261 e. The molecule has 1 aromatic carbocycles. The molecule has 0 aliphatic carbocycles. The zero-order valence-electron chi connectivity index (χ0n) is 11.6. The third kappa shape index (κ3) is 2.23. The molecule has 5 heteroatoms. The normalized spacial score (nSPS) is 23.2. The van der Waals surface area contributed by atoms with Gasteiger partial charge >= 0.3 is 0 Å². The van der Waals surface area contributed by atoms with Crippen molar-refractivity contribution >= 4 is 11.8 Å². The SMILES string of the molecule is C[C@H]1CNCCN1CCN1C(=O)c2ccccc2C1=O. The third-order valence-electron chi connectivity index (χ3n) is 4.13. The van der Waals surface area contributed by atoms with E-state index in [1.807, 2.05) is 0 Å². The molecule has 0 unspecified atom stereocenters. The number of nitrogens with one attached hydrogen (secondary N) is 1. The molecular weight excluding hydrogens is 254 g/mol. The first-order chi connectivity index (χ1) is 9.68. The van der Waals surface area contributed by atoms with Crippen molar-refractivity contribution in [2.45, 2.75) is 13.0 Å². The summed E-state index contributed by atoms with van der Waals surface area (Å²) in [7, 11) is 0. The van der Waals surface area contributed by atoms with Crippen LogP contribution in [0.25, 0.3) is 0 Å². The average molecular weight is 273 g/mol. The lowest BCUT2D eigenvalue weighted by molar-refractivity contribution is 0.0618. The van der Waals surface area contributed by atoms with Gasteiger partial charge in [-0.15, -0.1) is 0 Å². The Morgan fingerprint density at radius 1 is 1.15 bits per heavy atom. The van der Waals surface area contributed by atoms with Crippen LogP contribution in [0.2, 0.25) is 0 Å². The van der Waals surface area contributed by atoms with Crippen molar-refractivity contribution in [1.29, 1.82) is 0 Å². The van der Waals surface area contributed by atoms with E-state index in [9.17, 15) is 9.59 Å². The Balaban J connectivity index is 1.67. The number of carbonyl (C=O) groups excluding carboxylic acids is 2. The van der Waals surface area contributed by atoms with Crippen molar-refractivity contribution in [2.75, 3.05) is 32.7 Å². The Kier molecular flexibility index (Phi) is 3.54. The molecule has 20 heavy (non-hydrogen) atoms. The summed E-state index contributed by atoms with van der Waals surface area (Å²) in [4.78, 5) is 28.2. The summed E-state index contributed by atoms with van der Waals surface area (Å²) in [6, 6.07) is 7.49. The molecule has 2 aliphatic rings. The zero-order chi connectivity index (χ0) is 14.1. The highest BCUT2D eigenvalue weighted by molar-refractivity contribution is 6.21. The van der Waals surface area contributed by atoms with E-state index in [0.29, 0.717) is 23.7 Å². The summed E-state index contributed by atoms with van der Waals surface area (Å²) in [6.45, 7) is 6.26. The molecule has 1 saturated heterocycles. The minimum Gasteiger partial charge on any atom is -0.314 e. The largest absolute Gasteiger partial charge is 0.314 e. The number of hydrogen-bond acceptors (Lipinski definition) is 4. The van der Waals surface area contributed by atoms with Crippen LogP contribution in [-0.4, -0.2) is 60.4 Å².